The van der Waals surface area contributed by atoms with Crippen molar-refractivity contribution in [3.05, 3.63) is 93.2 Å². The first-order valence-corrected chi connectivity index (χ1v) is 14.0. The van der Waals surface area contributed by atoms with E-state index in [1.54, 1.807) is 20.8 Å². The number of benzene rings is 2. The zero-order valence-corrected chi connectivity index (χ0v) is 26.7. The van der Waals surface area contributed by atoms with Gasteiger partial charge in [-0.3, -0.25) is 9.59 Å². The molecule has 20 heteroatoms. The Labute approximate surface area is 278 Å². The second kappa shape index (κ2) is 15.1. The van der Waals surface area contributed by atoms with Crippen LogP contribution >= 0.6 is 0 Å². The minimum Gasteiger partial charge on any atom is -0.505 e. The van der Waals surface area contributed by atoms with E-state index in [1.165, 1.54) is 0 Å². The van der Waals surface area contributed by atoms with Crippen molar-refractivity contribution >= 4 is 11.8 Å². The van der Waals surface area contributed by atoms with Gasteiger partial charge in [-0.05, 0) is 58.9 Å². The summed E-state index contributed by atoms with van der Waals surface area (Å²) in [6.07, 6.45) is 0. The molecule has 0 aliphatic carbocycles. The van der Waals surface area contributed by atoms with Gasteiger partial charge in [-0.15, -0.1) is 0 Å². The molecule has 6 rings (SSSR count). The Morgan fingerprint density at radius 3 is 1.66 bits per heavy atom. The normalized spacial score (nSPS) is 10.6. The van der Waals surface area contributed by atoms with Gasteiger partial charge in [0.25, 0.3) is 23.6 Å². The number of hydrogen-bond donors (Lipinski definition) is 3. The smallest absolute Gasteiger partial charge is 0.263 e. The van der Waals surface area contributed by atoms with E-state index in [9.17, 15) is 27.2 Å². The van der Waals surface area contributed by atoms with Crippen molar-refractivity contribution in [1.29, 1.82) is 0 Å². The highest BCUT2D eigenvalue weighted by Crippen LogP contribution is 2.27. The van der Waals surface area contributed by atoms with Gasteiger partial charge in [0, 0.05) is 0 Å². The van der Waals surface area contributed by atoms with Gasteiger partial charge in [-0.1, -0.05) is 20.6 Å². The van der Waals surface area contributed by atoms with Gasteiger partial charge in [0.2, 0.25) is 5.82 Å². The van der Waals surface area contributed by atoms with Crippen molar-refractivity contribution in [3.63, 3.8) is 0 Å². The summed E-state index contributed by atoms with van der Waals surface area (Å²) in [6.45, 7) is 8.56. The standard InChI is InChI=1S/C15H12F2N4O4.C8H9N3O2.C7H5F2NO2/c1-6-11(7(2)24-20-6)15-19-10(21-25-15)5-23-9-4-3-8(16)12(13(9)17)14(18)22;1-4-7(5(2)12-10-4)8-9-6(3)11-13-8;8-3-1-2-4(11)6(9)5(3)7(10)12/h3-4H,5H2,1-2H3,(H2,18,22);1-3H3;1-2,11H,(H2,10,12). The lowest BCUT2D eigenvalue weighted by molar-refractivity contribution is 0.0982. The minimum atomic E-state index is -1.33. The number of aromatic hydroxyl groups is 1. The molecule has 6 aromatic rings. The van der Waals surface area contributed by atoms with Crippen LogP contribution in [-0.4, -0.2) is 47.5 Å². The quantitative estimate of drug-likeness (QED) is 0.191. The molecule has 0 aliphatic rings. The summed E-state index contributed by atoms with van der Waals surface area (Å²) in [7, 11) is 0. The van der Waals surface area contributed by atoms with E-state index in [-0.39, 0.29) is 24.1 Å². The number of nitrogens with zero attached hydrogens (tertiary/aromatic N) is 6. The van der Waals surface area contributed by atoms with E-state index in [4.69, 9.17) is 33.7 Å². The van der Waals surface area contributed by atoms with Crippen LogP contribution in [0.4, 0.5) is 17.6 Å². The Kier molecular flexibility index (Phi) is 10.9. The first-order chi connectivity index (χ1) is 23.6. The third kappa shape index (κ3) is 7.91. The molecule has 0 unspecified atom stereocenters. The topological polar surface area (TPSA) is 246 Å². The van der Waals surface area contributed by atoms with E-state index < -0.39 is 52.0 Å². The largest absolute Gasteiger partial charge is 0.505 e. The lowest BCUT2D eigenvalue weighted by atomic mass is 10.1. The zero-order chi connectivity index (χ0) is 36.9. The van der Waals surface area contributed by atoms with Gasteiger partial charge in [-0.2, -0.15) is 9.97 Å². The molecule has 4 heterocycles. The van der Waals surface area contributed by atoms with Crippen molar-refractivity contribution in [2.75, 3.05) is 0 Å². The molecule has 0 aliphatic heterocycles. The van der Waals surface area contributed by atoms with Crippen LogP contribution in [0.2, 0.25) is 0 Å². The van der Waals surface area contributed by atoms with E-state index in [0.29, 0.717) is 34.5 Å². The predicted molar refractivity (Wildman–Crippen MR) is 159 cm³/mol. The van der Waals surface area contributed by atoms with E-state index >= 15 is 0 Å². The van der Waals surface area contributed by atoms with Crippen LogP contribution in [0, 0.1) is 57.9 Å². The molecule has 4 aromatic heterocycles. The molecule has 0 spiro atoms. The number of halogens is 4. The lowest BCUT2D eigenvalue weighted by Gasteiger charge is -2.07. The molecule has 50 heavy (non-hydrogen) atoms. The molecule has 16 nitrogen and oxygen atoms in total. The number of primary amides is 2. The lowest BCUT2D eigenvalue weighted by Crippen LogP contribution is -2.16. The molecule has 0 radical (unpaired) electrons. The number of rotatable bonds is 7. The molecule has 0 saturated heterocycles. The highest BCUT2D eigenvalue weighted by molar-refractivity contribution is 5.94. The molecule has 0 fully saturated rings. The minimum absolute atomic E-state index is 0.111. The Bertz CT molecular complexity index is 2140. The molecule has 2 amide bonds. The van der Waals surface area contributed by atoms with Crippen LogP contribution in [0.3, 0.4) is 0 Å². The summed E-state index contributed by atoms with van der Waals surface area (Å²) in [5.74, 6) is -5.77. The number of aromatic nitrogens is 6. The number of amides is 2. The molecule has 0 atom stereocenters. The summed E-state index contributed by atoms with van der Waals surface area (Å²) in [6, 6.07) is 3.48. The average Bonchev–Trinajstić information content (AvgIpc) is 3.83. The van der Waals surface area contributed by atoms with Crippen LogP contribution in [-0.2, 0) is 6.61 Å². The zero-order valence-electron chi connectivity index (χ0n) is 26.7. The number of phenols is 1. The molecule has 262 valence electrons. The molecule has 0 bridgehead atoms. The van der Waals surface area contributed by atoms with Gasteiger partial charge in [0.1, 0.15) is 45.4 Å². The van der Waals surface area contributed by atoms with Gasteiger partial charge in [-0.25, -0.2) is 17.6 Å². The SMILES string of the molecule is Cc1noc(-c2c(C)noc2C)n1.Cc1noc(C)c1-c1nc(COc2ccc(F)c(C(N)=O)c2F)no1.NC(=O)c1c(F)ccc(O)c1F. The number of nitrogens with two attached hydrogens (primary N) is 2. The predicted octanol–water partition coefficient (Wildman–Crippen LogP) is 4.72. The monoisotopic (exact) mass is 702 g/mol. The Balaban J connectivity index is 0.000000188. The molecule has 5 N–H and O–H groups in total. The molecular weight excluding hydrogens is 676 g/mol. The first kappa shape index (κ1) is 36.2. The summed E-state index contributed by atoms with van der Waals surface area (Å²) in [5, 5.41) is 23.7. The van der Waals surface area contributed by atoms with E-state index in [1.807, 2.05) is 13.8 Å². The fourth-order valence-corrected chi connectivity index (χ4v) is 4.17. The third-order valence-corrected chi connectivity index (χ3v) is 6.47. The second-order valence-corrected chi connectivity index (χ2v) is 10.1. The summed E-state index contributed by atoms with van der Waals surface area (Å²) < 4.78 is 78.1. The Morgan fingerprint density at radius 1 is 0.700 bits per heavy atom. The maximum Gasteiger partial charge on any atom is 0.263 e. The first-order valence-electron chi connectivity index (χ1n) is 14.0. The third-order valence-electron chi connectivity index (χ3n) is 6.47. The van der Waals surface area contributed by atoms with Crippen molar-refractivity contribution < 1.29 is 55.1 Å². The van der Waals surface area contributed by atoms with Crippen LogP contribution in [0.15, 0.2) is 42.4 Å². The van der Waals surface area contributed by atoms with Crippen LogP contribution < -0.4 is 16.2 Å². The van der Waals surface area contributed by atoms with Gasteiger partial charge in [0.05, 0.1) is 11.4 Å². The summed E-state index contributed by atoms with van der Waals surface area (Å²) >= 11 is 0. The van der Waals surface area contributed by atoms with E-state index in [0.717, 1.165) is 35.5 Å². The number of carbonyl (C=O) groups is 2. The summed E-state index contributed by atoms with van der Waals surface area (Å²) in [5.41, 5.74) is 10.5. The van der Waals surface area contributed by atoms with Crippen molar-refractivity contribution in [2.45, 2.75) is 41.2 Å². The number of phenolic OH excluding ortho intramolecular Hbond substituents is 1. The van der Waals surface area contributed by atoms with Crippen LogP contribution in [0.25, 0.3) is 22.9 Å². The van der Waals surface area contributed by atoms with E-state index in [2.05, 4.69) is 36.3 Å². The second-order valence-electron chi connectivity index (χ2n) is 10.1. The maximum absolute atomic E-state index is 14.1. The Hall–Kier alpha value is -6.60. The highest BCUT2D eigenvalue weighted by atomic mass is 19.1. The fraction of sp³-hybridized carbons (Fsp3) is 0.200. The number of ether oxygens (including phenoxy) is 1. The van der Waals surface area contributed by atoms with Gasteiger partial charge >= 0.3 is 0 Å². The van der Waals surface area contributed by atoms with Gasteiger partial charge < -0.3 is 39.4 Å². The summed E-state index contributed by atoms with van der Waals surface area (Å²) in [4.78, 5) is 29.7. The van der Waals surface area contributed by atoms with Crippen LogP contribution in [0.5, 0.6) is 11.5 Å². The van der Waals surface area contributed by atoms with Gasteiger partial charge in [0.15, 0.2) is 35.6 Å². The van der Waals surface area contributed by atoms with Crippen molar-refractivity contribution in [2.24, 2.45) is 11.5 Å². The fourth-order valence-electron chi connectivity index (χ4n) is 4.17. The van der Waals surface area contributed by atoms with Crippen LogP contribution in [0.1, 0.15) is 55.3 Å². The number of hydrogen-bond acceptors (Lipinski definition) is 14. The Morgan fingerprint density at radius 2 is 1.20 bits per heavy atom. The average molecular weight is 703 g/mol. The number of carbonyl (C=O) groups excluding carboxylic acids is 2. The molecule has 0 saturated carbocycles. The van der Waals surface area contributed by atoms with Crippen molar-refractivity contribution in [1.82, 2.24) is 30.6 Å². The number of aryl methyl sites for hydroxylation is 5. The highest BCUT2D eigenvalue weighted by Gasteiger charge is 2.22. The molecular formula is C30H26F4N8O8. The maximum atomic E-state index is 14.1. The molecule has 2 aromatic carbocycles. The van der Waals surface area contributed by atoms with Crippen molar-refractivity contribution in [3.8, 4) is 34.4 Å².